The van der Waals surface area contributed by atoms with Crippen LogP contribution in [0.25, 0.3) is 0 Å². The van der Waals surface area contributed by atoms with E-state index in [1.165, 1.54) is 7.11 Å². The van der Waals surface area contributed by atoms with Crippen molar-refractivity contribution in [3.8, 4) is 0 Å². The van der Waals surface area contributed by atoms with E-state index in [4.69, 9.17) is 4.74 Å². The summed E-state index contributed by atoms with van der Waals surface area (Å²) in [6.45, 7) is 3.52. The van der Waals surface area contributed by atoms with Crippen molar-refractivity contribution in [2.45, 2.75) is 26.3 Å². The summed E-state index contributed by atoms with van der Waals surface area (Å²) < 4.78 is 7.80. The third-order valence-electron chi connectivity index (χ3n) is 4.16. The molecule has 1 fully saturated rings. The molecule has 0 aromatic carbocycles. The monoisotopic (exact) mass is 372 g/mol. The van der Waals surface area contributed by atoms with Crippen molar-refractivity contribution in [2.75, 3.05) is 26.8 Å². The van der Waals surface area contributed by atoms with Crippen molar-refractivity contribution in [1.82, 2.24) is 9.47 Å². The molecule has 2 heterocycles. The van der Waals surface area contributed by atoms with Gasteiger partial charge in [-0.25, -0.2) is 0 Å². The molecule has 0 radical (unpaired) electrons. The number of carbonyl (C=O) groups is 2. The van der Waals surface area contributed by atoms with Gasteiger partial charge in [0.2, 0.25) is 0 Å². The predicted molar refractivity (Wildman–Crippen MR) is 84.9 cm³/mol. The minimum Gasteiger partial charge on any atom is -0.481 e. The molecule has 1 aromatic heterocycles. The number of aryl methyl sites for hydroxylation is 1. The third-order valence-corrected chi connectivity index (χ3v) is 4.60. The Labute approximate surface area is 138 Å². The Morgan fingerprint density at radius 2 is 2.23 bits per heavy atom. The summed E-state index contributed by atoms with van der Waals surface area (Å²) >= 11 is 3.38. The van der Waals surface area contributed by atoms with E-state index in [0.717, 1.165) is 4.47 Å². The first kappa shape index (κ1) is 17.0. The lowest BCUT2D eigenvalue weighted by Crippen LogP contribution is -2.52. The molecule has 2 rings (SSSR count). The molecule has 6 nitrogen and oxygen atoms in total. The maximum Gasteiger partial charge on any atom is 0.313 e. The minimum atomic E-state index is -1.01. The summed E-state index contributed by atoms with van der Waals surface area (Å²) in [4.78, 5) is 26.1. The second kappa shape index (κ2) is 6.83. The van der Waals surface area contributed by atoms with E-state index < -0.39 is 11.4 Å². The van der Waals surface area contributed by atoms with E-state index in [2.05, 4.69) is 15.9 Å². The van der Waals surface area contributed by atoms with Crippen molar-refractivity contribution in [1.29, 1.82) is 0 Å². The molecule has 1 aliphatic rings. The number of nitrogens with zero attached hydrogens (tertiary/aromatic N) is 2. The Morgan fingerprint density at radius 3 is 2.82 bits per heavy atom. The highest BCUT2D eigenvalue weighted by Crippen LogP contribution is 2.32. The fourth-order valence-corrected chi connectivity index (χ4v) is 3.48. The van der Waals surface area contributed by atoms with Gasteiger partial charge in [-0.2, -0.15) is 0 Å². The lowest BCUT2D eigenvalue weighted by atomic mass is 9.80. The molecule has 0 saturated carbocycles. The van der Waals surface area contributed by atoms with Gasteiger partial charge in [-0.05, 0) is 41.8 Å². The fourth-order valence-electron chi connectivity index (χ4n) is 3.01. The molecular formula is C15H21BrN2O4. The van der Waals surface area contributed by atoms with Gasteiger partial charge in [-0.3, -0.25) is 9.59 Å². The largest absolute Gasteiger partial charge is 0.481 e. The molecule has 1 aromatic rings. The summed E-state index contributed by atoms with van der Waals surface area (Å²) in [7, 11) is 1.49. The van der Waals surface area contributed by atoms with Crippen LogP contribution in [0.15, 0.2) is 16.7 Å². The van der Waals surface area contributed by atoms with Crippen LogP contribution in [-0.2, 0) is 16.1 Å². The zero-order chi connectivity index (χ0) is 16.3. The number of rotatable bonds is 5. The molecule has 1 atom stereocenters. The van der Waals surface area contributed by atoms with Crippen LogP contribution in [0.5, 0.6) is 0 Å². The molecule has 1 N–H and O–H groups in total. The van der Waals surface area contributed by atoms with E-state index in [1.807, 2.05) is 17.7 Å². The maximum absolute atomic E-state index is 12.8. The lowest BCUT2D eigenvalue weighted by Gasteiger charge is -2.39. The van der Waals surface area contributed by atoms with Gasteiger partial charge < -0.3 is 19.3 Å². The lowest BCUT2D eigenvalue weighted by molar-refractivity contribution is -0.155. The van der Waals surface area contributed by atoms with E-state index in [-0.39, 0.29) is 19.1 Å². The van der Waals surface area contributed by atoms with Gasteiger partial charge in [0.15, 0.2) is 0 Å². The Kier molecular flexibility index (Phi) is 5.28. The number of carbonyl (C=O) groups excluding carboxylic acids is 1. The third kappa shape index (κ3) is 3.20. The van der Waals surface area contributed by atoms with Crippen molar-refractivity contribution in [2.24, 2.45) is 5.41 Å². The highest BCUT2D eigenvalue weighted by Gasteiger charge is 2.44. The van der Waals surface area contributed by atoms with Crippen molar-refractivity contribution in [3.05, 3.63) is 22.4 Å². The van der Waals surface area contributed by atoms with Gasteiger partial charge in [-0.1, -0.05) is 0 Å². The topological polar surface area (TPSA) is 71.8 Å². The van der Waals surface area contributed by atoms with Crippen LogP contribution in [0, 0.1) is 5.41 Å². The van der Waals surface area contributed by atoms with Crippen LogP contribution in [0.4, 0.5) is 0 Å². The maximum atomic E-state index is 12.8. The number of carboxylic acids is 1. The summed E-state index contributed by atoms with van der Waals surface area (Å²) in [5.41, 5.74) is -0.434. The van der Waals surface area contributed by atoms with Crippen molar-refractivity contribution in [3.63, 3.8) is 0 Å². The quantitative estimate of drug-likeness (QED) is 0.859. The van der Waals surface area contributed by atoms with E-state index in [9.17, 15) is 14.7 Å². The molecule has 122 valence electrons. The number of ether oxygens (including phenoxy) is 1. The van der Waals surface area contributed by atoms with Crippen LogP contribution in [0.2, 0.25) is 0 Å². The van der Waals surface area contributed by atoms with Crippen LogP contribution < -0.4 is 0 Å². The number of piperidine rings is 1. The molecule has 1 aliphatic heterocycles. The predicted octanol–water partition coefficient (Wildman–Crippen LogP) is 2.22. The van der Waals surface area contributed by atoms with Crippen LogP contribution in [0.1, 0.15) is 30.3 Å². The molecule has 22 heavy (non-hydrogen) atoms. The number of hydrogen-bond donors (Lipinski definition) is 1. The number of aliphatic carboxylic acids is 1. The molecule has 0 bridgehead atoms. The molecule has 0 spiro atoms. The van der Waals surface area contributed by atoms with Crippen LogP contribution in [-0.4, -0.2) is 53.3 Å². The first-order valence-corrected chi connectivity index (χ1v) is 8.10. The number of aromatic nitrogens is 1. The fraction of sp³-hybridized carbons (Fsp3) is 0.600. The Hall–Kier alpha value is -1.34. The number of amides is 1. The highest BCUT2D eigenvalue weighted by molar-refractivity contribution is 9.10. The van der Waals surface area contributed by atoms with E-state index in [1.54, 1.807) is 11.0 Å². The molecule has 1 amide bonds. The Balaban J connectivity index is 2.24. The Morgan fingerprint density at radius 1 is 1.50 bits per heavy atom. The zero-order valence-electron chi connectivity index (χ0n) is 12.8. The number of carboxylic acid groups (broad SMARTS) is 1. The smallest absolute Gasteiger partial charge is 0.313 e. The standard InChI is InChI=1S/C15H21BrN2O4/c1-3-17-8-11(16)7-12(17)13(19)18-6-4-5-15(9-18,10-22-2)14(20)21/h7-8H,3-6,9-10H2,1-2H3,(H,20,21). The summed E-state index contributed by atoms with van der Waals surface area (Å²) in [5.74, 6) is -1.03. The highest BCUT2D eigenvalue weighted by atomic mass is 79.9. The molecule has 1 saturated heterocycles. The second-order valence-electron chi connectivity index (χ2n) is 5.68. The van der Waals surface area contributed by atoms with Gasteiger partial charge in [0.1, 0.15) is 11.1 Å². The second-order valence-corrected chi connectivity index (χ2v) is 6.59. The molecule has 0 aliphatic carbocycles. The average Bonchev–Trinajstić information content (AvgIpc) is 2.88. The van der Waals surface area contributed by atoms with Crippen molar-refractivity contribution >= 4 is 27.8 Å². The van der Waals surface area contributed by atoms with Gasteiger partial charge in [0.25, 0.3) is 5.91 Å². The van der Waals surface area contributed by atoms with Gasteiger partial charge in [-0.15, -0.1) is 0 Å². The number of hydrogen-bond acceptors (Lipinski definition) is 3. The minimum absolute atomic E-state index is 0.116. The SMILES string of the molecule is CCn1cc(Br)cc1C(=O)N1CCCC(COC)(C(=O)O)C1. The molecule has 7 heteroatoms. The first-order chi connectivity index (χ1) is 10.4. The summed E-state index contributed by atoms with van der Waals surface area (Å²) in [5, 5.41) is 9.56. The van der Waals surface area contributed by atoms with Gasteiger partial charge in [0, 0.05) is 37.4 Å². The van der Waals surface area contributed by atoms with Gasteiger partial charge >= 0.3 is 5.97 Å². The summed E-state index contributed by atoms with van der Waals surface area (Å²) in [6, 6.07) is 1.78. The number of methoxy groups -OCH3 is 1. The van der Waals surface area contributed by atoms with Crippen molar-refractivity contribution < 1.29 is 19.4 Å². The van der Waals surface area contributed by atoms with Crippen LogP contribution >= 0.6 is 15.9 Å². The number of likely N-dealkylation sites (tertiary alicyclic amines) is 1. The van der Waals surface area contributed by atoms with E-state index in [0.29, 0.717) is 31.6 Å². The zero-order valence-corrected chi connectivity index (χ0v) is 14.4. The molecular weight excluding hydrogens is 352 g/mol. The normalized spacial score (nSPS) is 21.9. The molecule has 1 unspecified atom stereocenters. The summed E-state index contributed by atoms with van der Waals surface area (Å²) in [6.07, 6.45) is 3.05. The van der Waals surface area contributed by atoms with E-state index >= 15 is 0 Å². The van der Waals surface area contributed by atoms with Gasteiger partial charge in [0.05, 0.1) is 6.61 Å². The number of halogens is 1. The Bertz CT molecular complexity index is 568. The average molecular weight is 373 g/mol. The first-order valence-electron chi connectivity index (χ1n) is 7.31. The van der Waals surface area contributed by atoms with Crippen LogP contribution in [0.3, 0.4) is 0 Å².